The number of nitrogens with zero attached hydrogens (tertiary/aromatic N) is 1. The van der Waals surface area contributed by atoms with Gasteiger partial charge in [-0.05, 0) is 19.1 Å². The molecule has 0 aliphatic carbocycles. The van der Waals surface area contributed by atoms with Crippen LogP contribution in [0.4, 0.5) is 0 Å². The molecule has 0 bridgehead atoms. The highest BCUT2D eigenvalue weighted by Gasteiger charge is 1.98. The molecule has 0 amide bonds. The standard InChI is InChI=1S/C11H14N2OS/c1-9-2-3-10(14-9)8-12-5-4-11-13-6-7-15-11/h2-3,6-7,12H,4-5,8H2,1H3. The molecular weight excluding hydrogens is 208 g/mol. The van der Waals surface area contributed by atoms with E-state index in [2.05, 4.69) is 10.3 Å². The predicted molar refractivity (Wildman–Crippen MR) is 61.0 cm³/mol. The Hall–Kier alpha value is -1.13. The molecule has 2 aromatic rings. The van der Waals surface area contributed by atoms with E-state index < -0.39 is 0 Å². The van der Waals surface area contributed by atoms with Crippen LogP contribution in [0.1, 0.15) is 16.5 Å². The number of thiazole rings is 1. The van der Waals surface area contributed by atoms with Gasteiger partial charge in [-0.3, -0.25) is 0 Å². The predicted octanol–water partition coefficient (Wildman–Crippen LogP) is 2.38. The molecule has 2 heterocycles. The first-order valence-electron chi connectivity index (χ1n) is 4.99. The second-order valence-corrected chi connectivity index (χ2v) is 4.34. The Morgan fingerprint density at radius 2 is 2.40 bits per heavy atom. The van der Waals surface area contributed by atoms with E-state index in [0.717, 1.165) is 31.0 Å². The van der Waals surface area contributed by atoms with E-state index in [4.69, 9.17) is 4.42 Å². The van der Waals surface area contributed by atoms with Crippen molar-refractivity contribution in [3.63, 3.8) is 0 Å². The lowest BCUT2D eigenvalue weighted by atomic mass is 10.4. The number of rotatable bonds is 5. The zero-order valence-corrected chi connectivity index (χ0v) is 9.51. The van der Waals surface area contributed by atoms with E-state index >= 15 is 0 Å². The summed E-state index contributed by atoms with van der Waals surface area (Å²) in [6, 6.07) is 3.99. The largest absolute Gasteiger partial charge is 0.465 e. The van der Waals surface area contributed by atoms with Crippen molar-refractivity contribution in [2.75, 3.05) is 6.54 Å². The normalized spacial score (nSPS) is 10.7. The van der Waals surface area contributed by atoms with E-state index in [9.17, 15) is 0 Å². The van der Waals surface area contributed by atoms with Crippen LogP contribution >= 0.6 is 11.3 Å². The number of aromatic nitrogens is 1. The molecule has 0 unspecified atom stereocenters. The van der Waals surface area contributed by atoms with Crippen LogP contribution in [0, 0.1) is 6.92 Å². The van der Waals surface area contributed by atoms with E-state index in [1.807, 2.05) is 30.6 Å². The Bertz CT molecular complexity index is 394. The average Bonchev–Trinajstić information content (AvgIpc) is 2.84. The summed E-state index contributed by atoms with van der Waals surface area (Å²) < 4.78 is 5.45. The molecule has 3 nitrogen and oxygen atoms in total. The summed E-state index contributed by atoms with van der Waals surface area (Å²) in [4.78, 5) is 4.22. The molecule has 0 aliphatic rings. The number of nitrogens with one attached hydrogen (secondary N) is 1. The molecule has 0 atom stereocenters. The second kappa shape index (κ2) is 5.09. The highest BCUT2D eigenvalue weighted by molar-refractivity contribution is 7.09. The third-order valence-electron chi connectivity index (χ3n) is 2.09. The molecule has 0 saturated carbocycles. The molecule has 0 saturated heterocycles. The van der Waals surface area contributed by atoms with Gasteiger partial charge in [-0.2, -0.15) is 0 Å². The zero-order valence-electron chi connectivity index (χ0n) is 8.69. The van der Waals surface area contributed by atoms with Crippen molar-refractivity contribution in [3.05, 3.63) is 40.2 Å². The molecule has 4 heteroatoms. The van der Waals surface area contributed by atoms with Gasteiger partial charge in [-0.25, -0.2) is 4.98 Å². The first-order chi connectivity index (χ1) is 7.34. The molecule has 80 valence electrons. The summed E-state index contributed by atoms with van der Waals surface area (Å²) in [7, 11) is 0. The van der Waals surface area contributed by atoms with Gasteiger partial charge < -0.3 is 9.73 Å². The van der Waals surface area contributed by atoms with Gasteiger partial charge in [0.05, 0.1) is 11.6 Å². The van der Waals surface area contributed by atoms with Gasteiger partial charge >= 0.3 is 0 Å². The highest BCUT2D eigenvalue weighted by Crippen LogP contribution is 2.06. The number of furan rings is 1. The first-order valence-corrected chi connectivity index (χ1v) is 5.87. The lowest BCUT2D eigenvalue weighted by molar-refractivity contribution is 0.463. The molecule has 15 heavy (non-hydrogen) atoms. The van der Waals surface area contributed by atoms with Crippen molar-refractivity contribution in [1.29, 1.82) is 0 Å². The molecular formula is C11H14N2OS. The van der Waals surface area contributed by atoms with E-state index in [1.165, 1.54) is 5.01 Å². The lowest BCUT2D eigenvalue weighted by Gasteiger charge is -2.00. The summed E-state index contributed by atoms with van der Waals surface area (Å²) >= 11 is 1.70. The van der Waals surface area contributed by atoms with Crippen LogP contribution < -0.4 is 5.32 Å². The molecule has 0 aromatic carbocycles. The Labute approximate surface area is 93.2 Å². The van der Waals surface area contributed by atoms with Gasteiger partial charge in [-0.15, -0.1) is 11.3 Å². The van der Waals surface area contributed by atoms with Crippen molar-refractivity contribution in [1.82, 2.24) is 10.3 Å². The first kappa shape index (κ1) is 10.4. The molecule has 0 spiro atoms. The smallest absolute Gasteiger partial charge is 0.117 e. The van der Waals surface area contributed by atoms with Crippen LogP contribution in [-0.2, 0) is 13.0 Å². The molecule has 2 rings (SSSR count). The second-order valence-electron chi connectivity index (χ2n) is 3.36. The van der Waals surface area contributed by atoms with Crippen molar-refractivity contribution in [2.45, 2.75) is 19.9 Å². The Kier molecular flexibility index (Phi) is 3.53. The number of aryl methyl sites for hydroxylation is 1. The van der Waals surface area contributed by atoms with Crippen molar-refractivity contribution < 1.29 is 4.42 Å². The van der Waals surface area contributed by atoms with Crippen molar-refractivity contribution in [3.8, 4) is 0 Å². The van der Waals surface area contributed by atoms with Gasteiger partial charge in [0, 0.05) is 24.5 Å². The molecule has 2 aromatic heterocycles. The topological polar surface area (TPSA) is 38.1 Å². The molecule has 0 aliphatic heterocycles. The summed E-state index contributed by atoms with van der Waals surface area (Å²) in [6.45, 7) is 3.69. The maximum Gasteiger partial charge on any atom is 0.117 e. The average molecular weight is 222 g/mol. The SMILES string of the molecule is Cc1ccc(CNCCc2nccs2)o1. The van der Waals surface area contributed by atoms with Crippen molar-refractivity contribution in [2.24, 2.45) is 0 Å². The molecule has 0 radical (unpaired) electrons. The van der Waals surface area contributed by atoms with Crippen LogP contribution in [0.15, 0.2) is 28.1 Å². The number of hydrogen-bond donors (Lipinski definition) is 1. The van der Waals surface area contributed by atoms with Gasteiger partial charge in [0.25, 0.3) is 0 Å². The van der Waals surface area contributed by atoms with E-state index in [0.29, 0.717) is 0 Å². The fourth-order valence-electron chi connectivity index (χ4n) is 1.36. The van der Waals surface area contributed by atoms with Gasteiger partial charge in [0.2, 0.25) is 0 Å². The lowest BCUT2D eigenvalue weighted by Crippen LogP contribution is -2.16. The van der Waals surface area contributed by atoms with E-state index in [-0.39, 0.29) is 0 Å². The van der Waals surface area contributed by atoms with Crippen molar-refractivity contribution >= 4 is 11.3 Å². The van der Waals surface area contributed by atoms with E-state index in [1.54, 1.807) is 11.3 Å². The summed E-state index contributed by atoms with van der Waals surface area (Å²) in [5.74, 6) is 1.96. The minimum Gasteiger partial charge on any atom is -0.465 e. The van der Waals surface area contributed by atoms with Crippen LogP contribution in [0.5, 0.6) is 0 Å². The summed E-state index contributed by atoms with van der Waals surface area (Å²) in [5.41, 5.74) is 0. The van der Waals surface area contributed by atoms with Crippen LogP contribution in [0.2, 0.25) is 0 Å². The minimum atomic E-state index is 0.791. The number of hydrogen-bond acceptors (Lipinski definition) is 4. The van der Waals surface area contributed by atoms with Gasteiger partial charge in [-0.1, -0.05) is 0 Å². The quantitative estimate of drug-likeness (QED) is 0.789. The summed E-state index contributed by atoms with van der Waals surface area (Å²) in [5, 5.41) is 6.51. The fraction of sp³-hybridized carbons (Fsp3) is 0.364. The molecule has 1 N–H and O–H groups in total. The van der Waals surface area contributed by atoms with Gasteiger partial charge in [0.15, 0.2) is 0 Å². The van der Waals surface area contributed by atoms with Crippen LogP contribution in [0.25, 0.3) is 0 Å². The third kappa shape index (κ3) is 3.18. The summed E-state index contributed by atoms with van der Waals surface area (Å²) in [6.07, 6.45) is 2.83. The van der Waals surface area contributed by atoms with Gasteiger partial charge in [0.1, 0.15) is 11.5 Å². The molecule has 0 fully saturated rings. The third-order valence-corrected chi connectivity index (χ3v) is 2.93. The minimum absolute atomic E-state index is 0.791. The maximum atomic E-state index is 5.45. The zero-order chi connectivity index (χ0) is 10.5. The maximum absolute atomic E-state index is 5.45. The van der Waals surface area contributed by atoms with Crippen LogP contribution in [-0.4, -0.2) is 11.5 Å². The Balaban J connectivity index is 1.67. The Morgan fingerprint density at radius 1 is 1.47 bits per heavy atom. The fourth-order valence-corrected chi connectivity index (χ4v) is 1.98. The monoisotopic (exact) mass is 222 g/mol. The highest BCUT2D eigenvalue weighted by atomic mass is 32.1. The van der Waals surface area contributed by atoms with Crippen LogP contribution in [0.3, 0.4) is 0 Å². The Morgan fingerprint density at radius 3 is 3.07 bits per heavy atom.